The third kappa shape index (κ3) is 1.48. The Morgan fingerprint density at radius 1 is 0.818 bits per heavy atom. The molecule has 1 nitrogen and oxygen atoms in total. The second-order valence-electron chi connectivity index (χ2n) is 5.99. The van der Waals surface area contributed by atoms with Gasteiger partial charge in [0.15, 0.2) is 0 Å². The summed E-state index contributed by atoms with van der Waals surface area (Å²) in [4.78, 5) is 0. The van der Waals surface area contributed by atoms with E-state index < -0.39 is 0 Å². The van der Waals surface area contributed by atoms with Gasteiger partial charge in [0.1, 0.15) is 0 Å². The smallest absolute Gasteiger partial charge is 0.0967 e. The first-order valence-corrected chi connectivity index (χ1v) is 7.57. The minimum Gasteiger partial charge on any atom is -0.512 e. The first-order chi connectivity index (χ1) is 10.8. The molecule has 0 heterocycles. The third-order valence-corrected chi connectivity index (χ3v) is 4.73. The van der Waals surface area contributed by atoms with E-state index in [0.717, 1.165) is 0 Å². The highest BCUT2D eigenvalue weighted by atomic mass is 16.3. The van der Waals surface area contributed by atoms with Gasteiger partial charge in [-0.2, -0.15) is 0 Å². The molecule has 104 valence electrons. The molecule has 22 heavy (non-hydrogen) atoms. The fraction of sp³-hybridized carbons (Fsp3) is 0.0476. The zero-order valence-corrected chi connectivity index (χ0v) is 12.0. The highest BCUT2D eigenvalue weighted by Crippen LogP contribution is 2.28. The lowest BCUT2D eigenvalue weighted by molar-refractivity contribution is 0.398. The SMILES string of the molecule is OC1=CC=c2c(c3ccccc3c3cc4c(cc23)=CC=C4)C1. The summed E-state index contributed by atoms with van der Waals surface area (Å²) in [6, 6.07) is 13.1. The lowest BCUT2D eigenvalue weighted by Crippen LogP contribution is -2.17. The van der Waals surface area contributed by atoms with Crippen molar-refractivity contribution in [3.8, 4) is 0 Å². The van der Waals surface area contributed by atoms with E-state index in [9.17, 15) is 5.11 Å². The maximum absolute atomic E-state index is 9.96. The molecule has 0 spiro atoms. The van der Waals surface area contributed by atoms with Crippen molar-refractivity contribution in [1.82, 2.24) is 0 Å². The number of allylic oxidation sites excluding steroid dienone is 3. The van der Waals surface area contributed by atoms with E-state index in [2.05, 4.69) is 60.7 Å². The van der Waals surface area contributed by atoms with Crippen molar-refractivity contribution in [2.75, 3.05) is 0 Å². The van der Waals surface area contributed by atoms with Crippen LogP contribution in [0.5, 0.6) is 0 Å². The Morgan fingerprint density at radius 3 is 2.59 bits per heavy atom. The number of benzene rings is 3. The molecule has 5 rings (SSSR count). The summed E-state index contributed by atoms with van der Waals surface area (Å²) in [5, 5.41) is 17.5. The zero-order chi connectivity index (χ0) is 14.7. The van der Waals surface area contributed by atoms with Gasteiger partial charge in [-0.05, 0) is 61.3 Å². The van der Waals surface area contributed by atoms with Crippen LogP contribution in [0.3, 0.4) is 0 Å². The molecule has 0 aliphatic heterocycles. The lowest BCUT2D eigenvalue weighted by atomic mass is 9.89. The van der Waals surface area contributed by atoms with Crippen LogP contribution in [0.25, 0.3) is 39.8 Å². The first kappa shape index (κ1) is 11.8. The standard InChI is InChI=1S/C21H14O/c22-15-8-9-18-20-11-14-5-3-4-13(14)10-19(20)16-6-1-2-7-17(16)21(18)12-15/h1-11,22H,12H2. The Morgan fingerprint density at radius 2 is 1.68 bits per heavy atom. The fourth-order valence-corrected chi connectivity index (χ4v) is 3.71. The van der Waals surface area contributed by atoms with E-state index in [4.69, 9.17) is 0 Å². The number of aliphatic hydroxyl groups is 1. The Hall–Kier alpha value is -2.80. The van der Waals surface area contributed by atoms with Crippen LogP contribution >= 0.6 is 0 Å². The van der Waals surface area contributed by atoms with Crippen LogP contribution in [-0.4, -0.2) is 5.11 Å². The fourth-order valence-electron chi connectivity index (χ4n) is 3.71. The average molecular weight is 282 g/mol. The van der Waals surface area contributed by atoms with Gasteiger partial charge in [-0.25, -0.2) is 0 Å². The van der Waals surface area contributed by atoms with Gasteiger partial charge >= 0.3 is 0 Å². The minimum atomic E-state index is 0.436. The molecule has 0 saturated heterocycles. The highest BCUT2D eigenvalue weighted by Gasteiger charge is 2.14. The van der Waals surface area contributed by atoms with E-state index >= 15 is 0 Å². The predicted molar refractivity (Wildman–Crippen MR) is 93.1 cm³/mol. The lowest BCUT2D eigenvalue weighted by Gasteiger charge is -2.15. The van der Waals surface area contributed by atoms with Crippen molar-refractivity contribution >= 4 is 39.8 Å². The van der Waals surface area contributed by atoms with E-state index in [-0.39, 0.29) is 0 Å². The largest absolute Gasteiger partial charge is 0.512 e. The van der Waals surface area contributed by atoms with Crippen molar-refractivity contribution in [3.05, 3.63) is 75.9 Å². The van der Waals surface area contributed by atoms with Crippen LogP contribution in [0.15, 0.2) is 54.3 Å². The molecule has 0 amide bonds. The molecule has 1 N–H and O–H groups in total. The van der Waals surface area contributed by atoms with Gasteiger partial charge in [0.25, 0.3) is 0 Å². The van der Waals surface area contributed by atoms with Crippen LogP contribution in [0.4, 0.5) is 0 Å². The van der Waals surface area contributed by atoms with E-state index in [1.807, 2.05) is 6.08 Å². The second kappa shape index (κ2) is 4.11. The van der Waals surface area contributed by atoms with Gasteiger partial charge in [-0.15, -0.1) is 0 Å². The topological polar surface area (TPSA) is 20.2 Å². The molecule has 0 bridgehead atoms. The van der Waals surface area contributed by atoms with Crippen molar-refractivity contribution in [2.24, 2.45) is 0 Å². The maximum Gasteiger partial charge on any atom is 0.0967 e. The van der Waals surface area contributed by atoms with Crippen LogP contribution < -0.4 is 10.4 Å². The van der Waals surface area contributed by atoms with Gasteiger partial charge in [-0.1, -0.05) is 48.6 Å². The molecule has 3 aromatic carbocycles. The summed E-state index contributed by atoms with van der Waals surface area (Å²) in [6.45, 7) is 0. The Bertz CT molecular complexity index is 1140. The third-order valence-electron chi connectivity index (χ3n) is 4.73. The number of rotatable bonds is 0. The number of hydrogen-bond acceptors (Lipinski definition) is 1. The normalized spacial score (nSPS) is 15.2. The molecular formula is C21H14O. The van der Waals surface area contributed by atoms with E-state index in [0.29, 0.717) is 12.2 Å². The minimum absolute atomic E-state index is 0.436. The molecule has 1 heteroatoms. The van der Waals surface area contributed by atoms with Gasteiger partial charge < -0.3 is 5.11 Å². The zero-order valence-electron chi connectivity index (χ0n) is 12.0. The van der Waals surface area contributed by atoms with Crippen LogP contribution in [0.1, 0.15) is 11.1 Å². The summed E-state index contributed by atoms with van der Waals surface area (Å²) >= 11 is 0. The van der Waals surface area contributed by atoms with E-state index in [1.165, 1.54) is 43.1 Å². The molecule has 0 saturated carbocycles. The second-order valence-corrected chi connectivity index (χ2v) is 5.99. The number of aliphatic hydroxyl groups excluding tert-OH is 1. The molecule has 3 aromatic rings. The van der Waals surface area contributed by atoms with Crippen molar-refractivity contribution < 1.29 is 5.11 Å². The van der Waals surface area contributed by atoms with Crippen molar-refractivity contribution in [2.45, 2.75) is 6.42 Å². The molecule has 0 radical (unpaired) electrons. The van der Waals surface area contributed by atoms with Crippen LogP contribution in [-0.2, 0) is 6.42 Å². The average Bonchev–Trinajstić information content (AvgIpc) is 3.01. The Labute approximate surface area is 127 Å². The summed E-state index contributed by atoms with van der Waals surface area (Å²) in [5.74, 6) is 0.436. The first-order valence-electron chi connectivity index (χ1n) is 7.57. The van der Waals surface area contributed by atoms with Crippen molar-refractivity contribution in [1.29, 1.82) is 0 Å². The molecule has 0 atom stereocenters. The summed E-state index contributed by atoms with van der Waals surface area (Å²) in [7, 11) is 0. The van der Waals surface area contributed by atoms with Crippen molar-refractivity contribution in [3.63, 3.8) is 0 Å². The van der Waals surface area contributed by atoms with Gasteiger partial charge in [0.05, 0.1) is 5.76 Å². The Kier molecular flexibility index (Phi) is 2.21. The maximum atomic E-state index is 9.96. The van der Waals surface area contributed by atoms with E-state index in [1.54, 1.807) is 0 Å². The Balaban J connectivity index is 2.11. The highest BCUT2D eigenvalue weighted by molar-refractivity contribution is 6.10. The van der Waals surface area contributed by atoms with Crippen LogP contribution in [0, 0.1) is 0 Å². The van der Waals surface area contributed by atoms with Gasteiger partial charge in [0, 0.05) is 6.42 Å². The molecular weight excluding hydrogens is 268 g/mol. The monoisotopic (exact) mass is 282 g/mol. The summed E-state index contributed by atoms with van der Waals surface area (Å²) in [6.07, 6.45) is 10.9. The van der Waals surface area contributed by atoms with Crippen LogP contribution in [0.2, 0.25) is 0 Å². The van der Waals surface area contributed by atoms with Gasteiger partial charge in [0.2, 0.25) is 0 Å². The number of fused-ring (bicyclic) bond motifs is 7. The quantitative estimate of drug-likeness (QED) is 0.625. The molecule has 2 aliphatic rings. The molecule has 0 unspecified atom stereocenters. The summed E-state index contributed by atoms with van der Waals surface area (Å²) in [5.41, 5.74) is 2.51. The summed E-state index contributed by atoms with van der Waals surface area (Å²) < 4.78 is 0. The molecule has 0 aromatic heterocycles. The predicted octanol–water partition coefficient (Wildman–Crippen LogP) is 3.58. The molecule has 2 aliphatic carbocycles. The number of hydrogen-bond donors (Lipinski definition) is 1. The van der Waals surface area contributed by atoms with Gasteiger partial charge in [-0.3, -0.25) is 0 Å². The molecule has 0 fully saturated rings.